The summed E-state index contributed by atoms with van der Waals surface area (Å²) >= 11 is 0. The van der Waals surface area contributed by atoms with Gasteiger partial charge in [-0.15, -0.1) is 0 Å². The van der Waals surface area contributed by atoms with Gasteiger partial charge in [0.05, 0.1) is 4.92 Å². The highest BCUT2D eigenvalue weighted by Gasteiger charge is 2.38. The van der Waals surface area contributed by atoms with E-state index in [1.807, 2.05) is 11.8 Å². The molecular weight excluding hydrogens is 285 g/mol. The van der Waals surface area contributed by atoms with Crippen molar-refractivity contribution >= 4 is 5.97 Å². The Balaban J connectivity index is 0.000000441. The van der Waals surface area contributed by atoms with E-state index in [9.17, 15) is 23.3 Å². The third-order valence-corrected chi connectivity index (χ3v) is 2.01. The number of alkyl halides is 3. The SMILES string of the molecule is C[C@@H](N)CN1CCN/C1=C\[N+](=O)[O-].O=C(O)C(F)(F)F. The highest BCUT2D eigenvalue weighted by molar-refractivity contribution is 5.73. The molecule has 1 rings (SSSR count). The first-order valence-electron chi connectivity index (χ1n) is 5.44. The molecule has 20 heavy (non-hydrogen) atoms. The van der Waals surface area contributed by atoms with Crippen molar-refractivity contribution in [1.82, 2.24) is 10.2 Å². The molecule has 0 radical (unpaired) electrons. The highest BCUT2D eigenvalue weighted by Crippen LogP contribution is 2.13. The van der Waals surface area contributed by atoms with Crippen molar-refractivity contribution < 1.29 is 28.0 Å². The average molecular weight is 300 g/mol. The van der Waals surface area contributed by atoms with Gasteiger partial charge in [-0.05, 0) is 6.92 Å². The lowest BCUT2D eigenvalue weighted by Gasteiger charge is -2.18. The summed E-state index contributed by atoms with van der Waals surface area (Å²) < 4.78 is 31.7. The van der Waals surface area contributed by atoms with Crippen molar-refractivity contribution in [3.63, 3.8) is 0 Å². The zero-order valence-corrected chi connectivity index (χ0v) is 10.6. The van der Waals surface area contributed by atoms with Crippen LogP contribution in [0.4, 0.5) is 13.2 Å². The Morgan fingerprint density at radius 3 is 2.55 bits per heavy atom. The number of hydrogen-bond acceptors (Lipinski definition) is 6. The molecule has 0 bridgehead atoms. The zero-order chi connectivity index (χ0) is 15.9. The molecule has 1 atom stereocenters. The zero-order valence-electron chi connectivity index (χ0n) is 10.6. The molecule has 1 fully saturated rings. The third-order valence-electron chi connectivity index (χ3n) is 2.01. The summed E-state index contributed by atoms with van der Waals surface area (Å²) in [5.74, 6) is -2.20. The summed E-state index contributed by atoms with van der Waals surface area (Å²) in [7, 11) is 0. The molecule has 116 valence electrons. The van der Waals surface area contributed by atoms with Crippen LogP contribution >= 0.6 is 0 Å². The van der Waals surface area contributed by atoms with Crippen LogP contribution in [-0.4, -0.2) is 52.8 Å². The van der Waals surface area contributed by atoms with E-state index in [1.54, 1.807) is 0 Å². The van der Waals surface area contributed by atoms with E-state index in [1.165, 1.54) is 0 Å². The number of nitro groups is 1. The summed E-state index contributed by atoms with van der Waals surface area (Å²) in [6, 6.07) is 0.0232. The van der Waals surface area contributed by atoms with Crippen LogP contribution in [0.3, 0.4) is 0 Å². The van der Waals surface area contributed by atoms with Crippen LogP contribution < -0.4 is 11.1 Å². The molecule has 0 aromatic rings. The minimum atomic E-state index is -5.08. The van der Waals surface area contributed by atoms with Gasteiger partial charge >= 0.3 is 12.1 Å². The molecule has 11 heteroatoms. The van der Waals surface area contributed by atoms with Crippen molar-refractivity contribution in [2.45, 2.75) is 19.1 Å². The standard InChI is InChI=1S/C7H14N4O2.C2HF3O2/c1-6(8)4-10-3-2-9-7(10)5-11(12)13;3-2(4,5)1(6)7/h5-6,9H,2-4,8H2,1H3;(H,6,7)/b7-5+;/t6-;/m1./s1. The van der Waals surface area contributed by atoms with Crippen LogP contribution in [-0.2, 0) is 4.79 Å². The van der Waals surface area contributed by atoms with Gasteiger partial charge in [0.2, 0.25) is 0 Å². The van der Waals surface area contributed by atoms with Gasteiger partial charge in [0.25, 0.3) is 6.20 Å². The van der Waals surface area contributed by atoms with Crippen LogP contribution in [0.5, 0.6) is 0 Å². The van der Waals surface area contributed by atoms with Crippen LogP contribution in [0.2, 0.25) is 0 Å². The molecule has 0 unspecified atom stereocenters. The predicted molar refractivity (Wildman–Crippen MR) is 62.0 cm³/mol. The van der Waals surface area contributed by atoms with Gasteiger partial charge in [0, 0.05) is 25.7 Å². The largest absolute Gasteiger partial charge is 0.490 e. The first-order valence-corrected chi connectivity index (χ1v) is 5.44. The number of nitrogens with two attached hydrogens (primary N) is 1. The second-order valence-electron chi connectivity index (χ2n) is 3.95. The van der Waals surface area contributed by atoms with Crippen molar-refractivity contribution in [3.05, 3.63) is 22.1 Å². The molecule has 0 saturated carbocycles. The molecule has 1 aliphatic rings. The number of hydrogen-bond donors (Lipinski definition) is 3. The van der Waals surface area contributed by atoms with Gasteiger partial charge in [-0.3, -0.25) is 10.1 Å². The van der Waals surface area contributed by atoms with Gasteiger partial charge in [-0.1, -0.05) is 0 Å². The monoisotopic (exact) mass is 300 g/mol. The molecular formula is C9H15F3N4O4. The molecule has 1 heterocycles. The second kappa shape index (κ2) is 7.53. The van der Waals surface area contributed by atoms with E-state index in [2.05, 4.69) is 5.32 Å². The van der Waals surface area contributed by atoms with Gasteiger partial charge in [0.1, 0.15) is 0 Å². The minimum Gasteiger partial charge on any atom is -0.475 e. The molecule has 0 aliphatic carbocycles. The van der Waals surface area contributed by atoms with Crippen molar-refractivity contribution in [1.29, 1.82) is 0 Å². The summed E-state index contributed by atoms with van der Waals surface area (Å²) in [5.41, 5.74) is 5.60. The number of carboxylic acid groups (broad SMARTS) is 1. The van der Waals surface area contributed by atoms with Crippen LogP contribution in [0.15, 0.2) is 12.0 Å². The van der Waals surface area contributed by atoms with Crippen LogP contribution in [0.1, 0.15) is 6.92 Å². The fraction of sp³-hybridized carbons (Fsp3) is 0.667. The number of nitrogens with zero attached hydrogens (tertiary/aromatic N) is 2. The molecule has 0 aromatic carbocycles. The quantitative estimate of drug-likeness (QED) is 0.493. The number of halogens is 3. The van der Waals surface area contributed by atoms with Gasteiger partial charge < -0.3 is 21.1 Å². The number of carboxylic acids is 1. The Morgan fingerprint density at radius 1 is 1.70 bits per heavy atom. The van der Waals surface area contributed by atoms with Gasteiger partial charge in [0.15, 0.2) is 5.82 Å². The Morgan fingerprint density at radius 2 is 2.20 bits per heavy atom. The Labute approximate surface area is 112 Å². The normalized spacial score (nSPS) is 18.1. The Hall–Kier alpha value is -2.04. The molecule has 1 aliphatic heterocycles. The topological polar surface area (TPSA) is 122 Å². The summed E-state index contributed by atoms with van der Waals surface area (Å²) in [6.45, 7) is 4.04. The molecule has 8 nitrogen and oxygen atoms in total. The smallest absolute Gasteiger partial charge is 0.475 e. The molecule has 1 saturated heterocycles. The average Bonchev–Trinajstić information content (AvgIpc) is 2.63. The minimum absolute atomic E-state index is 0.0232. The van der Waals surface area contributed by atoms with E-state index >= 15 is 0 Å². The predicted octanol–water partition coefficient (Wildman–Crippen LogP) is -0.0523. The summed E-state index contributed by atoms with van der Waals surface area (Å²) in [4.78, 5) is 20.5. The fourth-order valence-electron chi connectivity index (χ4n) is 1.32. The van der Waals surface area contributed by atoms with E-state index in [4.69, 9.17) is 15.6 Å². The second-order valence-corrected chi connectivity index (χ2v) is 3.95. The first-order chi connectivity index (χ1) is 9.04. The summed E-state index contributed by atoms with van der Waals surface area (Å²) in [5, 5.41) is 20.3. The molecule has 0 spiro atoms. The number of nitrogens with one attached hydrogen (secondary N) is 1. The molecule has 0 aromatic heterocycles. The van der Waals surface area contributed by atoms with Gasteiger partial charge in [-0.2, -0.15) is 13.2 Å². The number of carbonyl (C=O) groups is 1. The Bertz CT molecular complexity index is 384. The lowest BCUT2D eigenvalue weighted by Crippen LogP contribution is -2.33. The Kier molecular flexibility index (Phi) is 6.76. The maximum absolute atomic E-state index is 10.6. The van der Waals surface area contributed by atoms with Gasteiger partial charge in [-0.25, -0.2) is 4.79 Å². The van der Waals surface area contributed by atoms with Crippen LogP contribution in [0, 0.1) is 10.1 Å². The van der Waals surface area contributed by atoms with Crippen molar-refractivity contribution in [3.8, 4) is 0 Å². The van der Waals surface area contributed by atoms with Crippen LogP contribution in [0.25, 0.3) is 0 Å². The van der Waals surface area contributed by atoms with E-state index in [-0.39, 0.29) is 6.04 Å². The molecule has 4 N–H and O–H groups in total. The molecule has 0 amide bonds. The number of aliphatic carboxylic acids is 1. The summed E-state index contributed by atoms with van der Waals surface area (Å²) in [6.07, 6.45) is -4.10. The van der Waals surface area contributed by atoms with Crippen molar-refractivity contribution in [2.24, 2.45) is 5.73 Å². The lowest BCUT2D eigenvalue weighted by atomic mass is 10.3. The lowest BCUT2D eigenvalue weighted by molar-refractivity contribution is -0.404. The fourth-order valence-corrected chi connectivity index (χ4v) is 1.32. The number of rotatable bonds is 3. The third kappa shape index (κ3) is 7.41. The van der Waals surface area contributed by atoms with Crippen molar-refractivity contribution in [2.75, 3.05) is 19.6 Å². The van der Waals surface area contributed by atoms with E-state index in [0.717, 1.165) is 19.3 Å². The highest BCUT2D eigenvalue weighted by atomic mass is 19.4. The van der Waals surface area contributed by atoms with E-state index < -0.39 is 17.1 Å². The maximum atomic E-state index is 10.6. The van der Waals surface area contributed by atoms with E-state index in [0.29, 0.717) is 12.4 Å². The first kappa shape index (κ1) is 18.0. The maximum Gasteiger partial charge on any atom is 0.490 e.